The second kappa shape index (κ2) is 15.2. The van der Waals surface area contributed by atoms with Crippen molar-refractivity contribution in [3.05, 3.63) is 114 Å². The van der Waals surface area contributed by atoms with Gasteiger partial charge in [-0.1, -0.05) is 79.7 Å². The molecule has 1 saturated heterocycles. The van der Waals surface area contributed by atoms with Crippen molar-refractivity contribution in [2.24, 2.45) is 0 Å². The van der Waals surface area contributed by atoms with Crippen LogP contribution in [0, 0.1) is 6.92 Å². The van der Waals surface area contributed by atoms with Gasteiger partial charge in [0.2, 0.25) is 17.7 Å². The van der Waals surface area contributed by atoms with Crippen LogP contribution in [0.15, 0.2) is 97.1 Å². The Morgan fingerprint density at radius 1 is 0.930 bits per heavy atom. The van der Waals surface area contributed by atoms with Crippen LogP contribution in [0.5, 0.6) is 0 Å². The smallest absolute Gasteiger partial charge is 0.254 e. The number of nitrogens with one attached hydrogen (secondary N) is 3. The molecule has 9 nitrogen and oxygen atoms in total. The largest absolute Gasteiger partial charge is 0.381 e. The number of hydrogen-bond donors (Lipinski definition) is 4. The molecule has 3 aromatic carbocycles. The Labute approximate surface area is 255 Å². The molecule has 1 unspecified atom stereocenters. The third-order valence-corrected chi connectivity index (χ3v) is 8.42. The molecule has 10 heteroatoms. The summed E-state index contributed by atoms with van der Waals surface area (Å²) in [6.07, 6.45) is 0.671. The van der Waals surface area contributed by atoms with E-state index in [9.17, 15) is 24.3 Å². The minimum atomic E-state index is -1.63. The molecule has 4 atom stereocenters. The topological polar surface area (TPSA) is 128 Å². The number of aliphatic hydroxyl groups excluding tert-OH is 1. The van der Waals surface area contributed by atoms with Crippen LogP contribution >= 0.6 is 11.8 Å². The van der Waals surface area contributed by atoms with Gasteiger partial charge in [0.15, 0.2) is 6.10 Å². The average molecular weight is 601 g/mol. The van der Waals surface area contributed by atoms with E-state index in [0.29, 0.717) is 12.2 Å². The summed E-state index contributed by atoms with van der Waals surface area (Å²) in [6, 6.07) is 23.9. The summed E-state index contributed by atoms with van der Waals surface area (Å²) in [5.41, 5.74) is 3.40. The van der Waals surface area contributed by atoms with E-state index in [1.807, 2.05) is 74.5 Å². The average Bonchev–Trinajstić information content (AvgIpc) is 3.40. The third-order valence-electron chi connectivity index (χ3n) is 7.21. The van der Waals surface area contributed by atoms with Crippen LogP contribution in [0.1, 0.15) is 23.6 Å². The molecular weight excluding hydrogens is 564 g/mol. The fraction of sp³-hybridized carbons (Fsp3) is 0.273. The quantitative estimate of drug-likeness (QED) is 0.251. The molecule has 1 aliphatic heterocycles. The maximum atomic E-state index is 13.7. The maximum Gasteiger partial charge on any atom is 0.254 e. The highest BCUT2D eigenvalue weighted by Crippen LogP contribution is 2.30. The number of benzene rings is 3. The zero-order valence-electron chi connectivity index (χ0n) is 24.1. The van der Waals surface area contributed by atoms with Gasteiger partial charge in [0.1, 0.15) is 6.04 Å². The molecule has 0 aromatic heterocycles. The monoisotopic (exact) mass is 600 g/mol. The maximum absolute atomic E-state index is 13.7. The number of carbonyl (C=O) groups excluding carboxylic acids is 4. The second-order valence-electron chi connectivity index (χ2n) is 10.3. The molecule has 1 heterocycles. The number of anilines is 1. The number of thioether (sulfide) groups is 1. The molecular formula is C33H36N4O5S. The minimum Gasteiger partial charge on any atom is -0.381 e. The van der Waals surface area contributed by atoms with Gasteiger partial charge in [-0.25, -0.2) is 0 Å². The lowest BCUT2D eigenvalue weighted by Gasteiger charge is -2.30. The minimum absolute atomic E-state index is 0.157. The number of hydrogen-bond acceptors (Lipinski definition) is 6. The number of rotatable bonds is 11. The van der Waals surface area contributed by atoms with Gasteiger partial charge in [-0.05, 0) is 42.2 Å². The van der Waals surface area contributed by atoms with Crippen molar-refractivity contribution in [2.45, 2.75) is 50.3 Å². The van der Waals surface area contributed by atoms with Crippen LogP contribution in [0.3, 0.4) is 0 Å². The molecule has 1 fully saturated rings. The van der Waals surface area contributed by atoms with E-state index in [1.54, 1.807) is 24.3 Å². The van der Waals surface area contributed by atoms with E-state index < -0.39 is 35.9 Å². The fourth-order valence-electron chi connectivity index (χ4n) is 4.81. The third kappa shape index (κ3) is 8.79. The van der Waals surface area contributed by atoms with E-state index in [4.69, 9.17) is 0 Å². The predicted molar refractivity (Wildman–Crippen MR) is 168 cm³/mol. The first-order valence-corrected chi connectivity index (χ1v) is 15.1. The number of aryl methyl sites for hydroxylation is 1. The van der Waals surface area contributed by atoms with Crippen molar-refractivity contribution in [3.63, 3.8) is 0 Å². The molecule has 0 spiro atoms. The number of para-hydroxylation sites is 1. The van der Waals surface area contributed by atoms with Crippen molar-refractivity contribution in [1.29, 1.82) is 0 Å². The van der Waals surface area contributed by atoms with Crippen molar-refractivity contribution >= 4 is 41.1 Å². The normalized spacial score (nSPS) is 17.7. The zero-order valence-corrected chi connectivity index (χ0v) is 24.9. The Morgan fingerprint density at radius 3 is 2.26 bits per heavy atom. The molecule has 4 amide bonds. The predicted octanol–water partition coefficient (Wildman–Crippen LogP) is 3.18. The first-order valence-electron chi connectivity index (χ1n) is 14.0. The van der Waals surface area contributed by atoms with Crippen LogP contribution in [-0.4, -0.2) is 62.9 Å². The van der Waals surface area contributed by atoms with Crippen LogP contribution in [-0.2, 0) is 32.1 Å². The molecule has 0 radical (unpaired) electrons. The van der Waals surface area contributed by atoms with Gasteiger partial charge in [0.25, 0.3) is 5.91 Å². The van der Waals surface area contributed by atoms with Crippen molar-refractivity contribution in [3.8, 4) is 0 Å². The van der Waals surface area contributed by atoms with E-state index >= 15 is 0 Å². The summed E-state index contributed by atoms with van der Waals surface area (Å²) < 4.78 is 0. The Kier molecular flexibility index (Phi) is 11.1. The van der Waals surface area contributed by atoms with Gasteiger partial charge in [0.05, 0.1) is 11.9 Å². The molecule has 43 heavy (non-hydrogen) atoms. The van der Waals surface area contributed by atoms with Gasteiger partial charge in [-0.15, -0.1) is 11.8 Å². The standard InChI is InChI=1S/C33H36N4O5S/c1-22-11-9-10-14-25(22)20-34-32(41)30-23(2)43-21-37(30)33(42)31(40)27(19-24-12-5-3-6-13-24)36-29(39)18-17-28(38)35-26-15-7-4-8-16-26/h3-18,23,27,30-31,40H,19-21H2,1-2H3,(H,34,41)(H,35,38)(H,36,39)/b18-17+/t23?,27-,30-,31-/m0/s1. The first kappa shape index (κ1) is 31.5. The Bertz CT molecular complexity index is 1450. The highest BCUT2D eigenvalue weighted by atomic mass is 32.2. The summed E-state index contributed by atoms with van der Waals surface area (Å²) in [5, 5.41) is 19.4. The molecule has 0 bridgehead atoms. The molecule has 4 rings (SSSR count). The highest BCUT2D eigenvalue weighted by Gasteiger charge is 2.43. The summed E-state index contributed by atoms with van der Waals surface area (Å²) in [7, 11) is 0. The van der Waals surface area contributed by atoms with Gasteiger partial charge in [-0.2, -0.15) is 0 Å². The first-order chi connectivity index (χ1) is 20.7. The fourth-order valence-corrected chi connectivity index (χ4v) is 5.95. The van der Waals surface area contributed by atoms with Gasteiger partial charge in [0, 0.05) is 29.6 Å². The van der Waals surface area contributed by atoms with E-state index in [2.05, 4.69) is 16.0 Å². The molecule has 0 saturated carbocycles. The lowest BCUT2D eigenvalue weighted by atomic mass is 9.99. The van der Waals surface area contributed by atoms with E-state index in [-0.39, 0.29) is 23.5 Å². The van der Waals surface area contributed by atoms with Gasteiger partial charge in [-0.3, -0.25) is 19.2 Å². The summed E-state index contributed by atoms with van der Waals surface area (Å²) in [6.45, 7) is 4.16. The number of carbonyl (C=O) groups is 4. The molecule has 0 aliphatic carbocycles. The SMILES string of the molecule is Cc1ccccc1CNC(=O)[C@@H]1C(C)SCN1C(=O)[C@@H](O)[C@H](Cc1ccccc1)NC(=O)/C=C/C(=O)Nc1ccccc1. The lowest BCUT2D eigenvalue weighted by molar-refractivity contribution is -0.147. The molecule has 1 aliphatic rings. The van der Waals surface area contributed by atoms with Crippen LogP contribution in [0.25, 0.3) is 0 Å². The lowest BCUT2D eigenvalue weighted by Crippen LogP contribution is -2.56. The van der Waals surface area contributed by atoms with Crippen molar-refractivity contribution in [1.82, 2.24) is 15.5 Å². The number of amides is 4. The van der Waals surface area contributed by atoms with Crippen molar-refractivity contribution < 1.29 is 24.3 Å². The van der Waals surface area contributed by atoms with Crippen LogP contribution in [0.2, 0.25) is 0 Å². The van der Waals surface area contributed by atoms with Crippen LogP contribution < -0.4 is 16.0 Å². The Morgan fingerprint density at radius 2 is 1.56 bits per heavy atom. The second-order valence-corrected chi connectivity index (χ2v) is 11.7. The Hall–Kier alpha value is -4.41. The Balaban J connectivity index is 1.45. The highest BCUT2D eigenvalue weighted by molar-refractivity contribution is 8.00. The molecule has 3 aromatic rings. The van der Waals surface area contributed by atoms with Crippen molar-refractivity contribution in [2.75, 3.05) is 11.2 Å². The zero-order chi connectivity index (χ0) is 30.8. The molecule has 224 valence electrons. The molecule has 4 N–H and O–H groups in total. The van der Waals surface area contributed by atoms with Gasteiger partial charge < -0.3 is 26.0 Å². The summed E-state index contributed by atoms with van der Waals surface area (Å²) in [5.74, 6) is -1.88. The van der Waals surface area contributed by atoms with Crippen LogP contribution in [0.4, 0.5) is 5.69 Å². The number of nitrogens with zero attached hydrogens (tertiary/aromatic N) is 1. The summed E-state index contributed by atoms with van der Waals surface area (Å²) in [4.78, 5) is 53.4. The van der Waals surface area contributed by atoms with E-state index in [1.165, 1.54) is 16.7 Å². The number of aliphatic hydroxyl groups is 1. The van der Waals surface area contributed by atoms with Gasteiger partial charge >= 0.3 is 0 Å². The summed E-state index contributed by atoms with van der Waals surface area (Å²) >= 11 is 1.44. The van der Waals surface area contributed by atoms with E-state index in [0.717, 1.165) is 28.8 Å².